The van der Waals surface area contributed by atoms with Crippen LogP contribution in [-0.4, -0.2) is 14.7 Å². The van der Waals surface area contributed by atoms with Crippen LogP contribution >= 0.6 is 0 Å². The summed E-state index contributed by atoms with van der Waals surface area (Å²) in [5.41, 5.74) is 0. The van der Waals surface area contributed by atoms with Crippen molar-refractivity contribution in [2.45, 2.75) is 110 Å². The lowest BCUT2D eigenvalue weighted by Gasteiger charge is -2.24. The Morgan fingerprint density at radius 3 is 1.80 bits per heavy atom. The van der Waals surface area contributed by atoms with Gasteiger partial charge in [0.2, 0.25) is 0 Å². The summed E-state index contributed by atoms with van der Waals surface area (Å²) in [5, 5.41) is 1.23. The molecule has 0 spiro atoms. The van der Waals surface area contributed by atoms with Gasteiger partial charge in [0.1, 0.15) is 14.3 Å². The van der Waals surface area contributed by atoms with Crippen LogP contribution in [-0.2, 0) is 0 Å². The Morgan fingerprint density at radius 1 is 0.760 bits per heavy atom. The topological polar surface area (TPSA) is 22.4 Å². The molecule has 0 radical (unpaired) electrons. The third kappa shape index (κ3) is 8.02. The van der Waals surface area contributed by atoms with Gasteiger partial charge in [-0.05, 0) is 6.42 Å². The first-order valence-electron chi connectivity index (χ1n) is 10.9. The molecule has 0 saturated carbocycles. The largest absolute Gasteiger partial charge is 0.490 e. The molecule has 0 N–H and O–H groups in total. The molecule has 0 atom stereocenters. The molecule has 146 valence electrons. The molecule has 25 heavy (non-hydrogen) atoms. The monoisotopic (exact) mass is 366 g/mol. The summed E-state index contributed by atoms with van der Waals surface area (Å²) in [7, 11) is -1.40. The molecule has 0 saturated heterocycles. The Bertz CT molecular complexity index is 415. The molecule has 0 aliphatic heterocycles. The van der Waals surface area contributed by atoms with Gasteiger partial charge >= 0.3 is 0 Å². The normalized spacial score (nSPS) is 11.8. The van der Waals surface area contributed by atoms with Crippen LogP contribution < -0.4 is 10.1 Å². The summed E-state index contributed by atoms with van der Waals surface area (Å²) in [6.07, 6.45) is 15.5. The van der Waals surface area contributed by atoms with Crippen molar-refractivity contribution in [2.24, 2.45) is 0 Å². The maximum absolute atomic E-state index is 5.92. The van der Waals surface area contributed by atoms with Gasteiger partial charge in [-0.15, -0.1) is 0 Å². The molecule has 0 amide bonds. The van der Waals surface area contributed by atoms with Crippen LogP contribution in [0.1, 0.15) is 91.9 Å². The van der Waals surface area contributed by atoms with Crippen LogP contribution in [0.4, 0.5) is 0 Å². The Morgan fingerprint density at radius 2 is 1.28 bits per heavy atom. The number of hydrogen-bond donors (Lipinski definition) is 0. The van der Waals surface area contributed by atoms with Crippen LogP contribution in [0.15, 0.2) is 16.7 Å². The standard InChI is InChI=1S/C22H42O2Si/c1-5-9-10-11-12-13-14-15-16-17-18-23-21-19-22(24-20-21)25(6-2,7-3)8-4/h19-20H,5-18H2,1-4H3. The lowest BCUT2D eigenvalue weighted by Crippen LogP contribution is -2.44. The Labute approximate surface area is 157 Å². The average Bonchev–Trinajstić information content (AvgIpc) is 3.11. The fraction of sp³-hybridized carbons (Fsp3) is 0.818. The molecule has 1 aromatic heterocycles. The van der Waals surface area contributed by atoms with Crippen LogP contribution in [0.2, 0.25) is 18.1 Å². The first kappa shape index (κ1) is 22.3. The van der Waals surface area contributed by atoms with E-state index in [1.807, 2.05) is 6.26 Å². The molecule has 1 rings (SSSR count). The zero-order valence-electron chi connectivity index (χ0n) is 17.4. The highest BCUT2D eigenvalue weighted by Crippen LogP contribution is 2.23. The lowest BCUT2D eigenvalue weighted by molar-refractivity contribution is 0.301. The summed E-state index contributed by atoms with van der Waals surface area (Å²) >= 11 is 0. The summed E-state index contributed by atoms with van der Waals surface area (Å²) in [6.45, 7) is 10.0. The van der Waals surface area contributed by atoms with Gasteiger partial charge in [0, 0.05) is 6.07 Å². The highest BCUT2D eigenvalue weighted by molar-refractivity contribution is 6.90. The second-order valence-electron chi connectivity index (χ2n) is 7.52. The minimum Gasteiger partial charge on any atom is -0.490 e. The van der Waals surface area contributed by atoms with Crippen molar-refractivity contribution in [3.8, 4) is 5.75 Å². The Hall–Kier alpha value is -0.703. The molecule has 0 aliphatic carbocycles. The molecule has 0 fully saturated rings. The van der Waals surface area contributed by atoms with Gasteiger partial charge in [-0.3, -0.25) is 0 Å². The first-order chi connectivity index (χ1) is 12.2. The van der Waals surface area contributed by atoms with Crippen molar-refractivity contribution in [3.05, 3.63) is 12.3 Å². The number of furan rings is 1. The van der Waals surface area contributed by atoms with Gasteiger partial charge in [0.15, 0.2) is 5.75 Å². The molecule has 0 unspecified atom stereocenters. The van der Waals surface area contributed by atoms with E-state index < -0.39 is 8.07 Å². The third-order valence-electron chi connectivity index (χ3n) is 5.90. The molecule has 0 bridgehead atoms. The zero-order valence-corrected chi connectivity index (χ0v) is 18.4. The van der Waals surface area contributed by atoms with E-state index in [-0.39, 0.29) is 0 Å². The number of ether oxygens (including phenoxy) is 1. The number of rotatable bonds is 16. The molecular weight excluding hydrogens is 324 g/mol. The van der Waals surface area contributed by atoms with Crippen molar-refractivity contribution in [3.63, 3.8) is 0 Å². The average molecular weight is 367 g/mol. The SMILES string of the molecule is CCCCCCCCCCCCOc1coc([Si](CC)(CC)CC)c1. The quantitative estimate of drug-likeness (QED) is 0.226. The van der Waals surface area contributed by atoms with Crippen LogP contribution in [0.25, 0.3) is 0 Å². The minimum atomic E-state index is -1.40. The molecular formula is C22H42O2Si. The van der Waals surface area contributed by atoms with E-state index in [1.54, 1.807) is 0 Å². The van der Waals surface area contributed by atoms with E-state index in [9.17, 15) is 0 Å². The second kappa shape index (κ2) is 13.5. The molecule has 3 heteroatoms. The Kier molecular flexibility index (Phi) is 12.1. The maximum atomic E-state index is 5.92. The van der Waals surface area contributed by atoms with Crippen LogP contribution in [0.5, 0.6) is 5.75 Å². The van der Waals surface area contributed by atoms with Crippen molar-refractivity contribution in [1.82, 2.24) is 0 Å². The molecule has 0 aliphatic rings. The first-order valence-corrected chi connectivity index (χ1v) is 13.6. The summed E-state index contributed by atoms with van der Waals surface area (Å²) in [5.74, 6) is 0.943. The van der Waals surface area contributed by atoms with Crippen LogP contribution in [0.3, 0.4) is 0 Å². The predicted molar refractivity (Wildman–Crippen MR) is 113 cm³/mol. The smallest absolute Gasteiger partial charge is 0.157 e. The molecule has 2 nitrogen and oxygen atoms in total. The van der Waals surface area contributed by atoms with E-state index in [0.29, 0.717) is 0 Å². The fourth-order valence-corrected chi connectivity index (χ4v) is 7.03. The zero-order chi connectivity index (χ0) is 18.4. The van der Waals surface area contributed by atoms with Crippen molar-refractivity contribution < 1.29 is 9.15 Å². The number of unbranched alkanes of at least 4 members (excludes halogenated alkanes) is 9. The summed E-state index contributed by atoms with van der Waals surface area (Å²) in [6, 6.07) is 5.95. The molecule has 1 aromatic rings. The molecule has 1 heterocycles. The van der Waals surface area contributed by atoms with E-state index in [2.05, 4.69) is 33.8 Å². The van der Waals surface area contributed by atoms with Crippen molar-refractivity contribution in [2.75, 3.05) is 6.61 Å². The van der Waals surface area contributed by atoms with Crippen molar-refractivity contribution in [1.29, 1.82) is 0 Å². The highest BCUT2D eigenvalue weighted by Gasteiger charge is 2.33. The summed E-state index contributed by atoms with van der Waals surface area (Å²) in [4.78, 5) is 0. The van der Waals surface area contributed by atoms with E-state index in [4.69, 9.17) is 9.15 Å². The fourth-order valence-electron chi connectivity index (χ4n) is 3.72. The second-order valence-corrected chi connectivity index (χ2v) is 12.7. The predicted octanol–water partition coefficient (Wildman–Crippen LogP) is 7.29. The van der Waals surface area contributed by atoms with Gasteiger partial charge in [-0.1, -0.05) is 104 Å². The number of hydrogen-bond acceptors (Lipinski definition) is 2. The highest BCUT2D eigenvalue weighted by atomic mass is 28.3. The van der Waals surface area contributed by atoms with E-state index >= 15 is 0 Å². The van der Waals surface area contributed by atoms with Gasteiger partial charge in [0.05, 0.1) is 12.0 Å². The molecule has 0 aromatic carbocycles. The van der Waals surface area contributed by atoms with Crippen molar-refractivity contribution >= 4 is 13.5 Å². The van der Waals surface area contributed by atoms with Crippen LogP contribution in [0, 0.1) is 0 Å². The third-order valence-corrected chi connectivity index (χ3v) is 11.3. The maximum Gasteiger partial charge on any atom is 0.157 e. The van der Waals surface area contributed by atoms with E-state index in [0.717, 1.165) is 18.8 Å². The van der Waals surface area contributed by atoms with Gasteiger partial charge in [0.25, 0.3) is 0 Å². The van der Waals surface area contributed by atoms with E-state index in [1.165, 1.54) is 81.3 Å². The minimum absolute atomic E-state index is 0.828. The van der Waals surface area contributed by atoms with Gasteiger partial charge < -0.3 is 9.15 Å². The van der Waals surface area contributed by atoms with Gasteiger partial charge in [-0.25, -0.2) is 0 Å². The van der Waals surface area contributed by atoms with Gasteiger partial charge in [-0.2, -0.15) is 0 Å². The Balaban J connectivity index is 2.11. The lowest BCUT2D eigenvalue weighted by atomic mass is 10.1. The summed E-state index contributed by atoms with van der Waals surface area (Å²) < 4.78 is 11.8.